The van der Waals surface area contributed by atoms with Crippen molar-refractivity contribution >= 4 is 17.3 Å². The van der Waals surface area contributed by atoms with Crippen LogP contribution >= 0.6 is 11.6 Å². The SMILES string of the molecule is CC(C)NCc1c(Cl)cccc1N(C)C(C)C(C)C. The zero-order valence-electron chi connectivity index (χ0n) is 13.0. The lowest BCUT2D eigenvalue weighted by Crippen LogP contribution is -2.34. The fourth-order valence-electron chi connectivity index (χ4n) is 2.03. The molecule has 0 amide bonds. The molecule has 1 atom stereocenters. The van der Waals surface area contributed by atoms with Crippen LogP contribution < -0.4 is 10.2 Å². The van der Waals surface area contributed by atoms with Crippen molar-refractivity contribution in [3.05, 3.63) is 28.8 Å². The molecule has 1 unspecified atom stereocenters. The second-order valence-corrected chi connectivity index (χ2v) is 6.28. The quantitative estimate of drug-likeness (QED) is 0.836. The van der Waals surface area contributed by atoms with E-state index in [1.165, 1.54) is 11.3 Å². The summed E-state index contributed by atoms with van der Waals surface area (Å²) in [4.78, 5) is 2.33. The van der Waals surface area contributed by atoms with Crippen molar-refractivity contribution in [3.8, 4) is 0 Å². The minimum atomic E-state index is 0.456. The Hall–Kier alpha value is -0.730. The summed E-state index contributed by atoms with van der Waals surface area (Å²) >= 11 is 6.37. The lowest BCUT2D eigenvalue weighted by atomic mass is 10.0. The van der Waals surface area contributed by atoms with Crippen molar-refractivity contribution in [2.45, 2.75) is 53.2 Å². The highest BCUT2D eigenvalue weighted by Crippen LogP contribution is 2.29. The van der Waals surface area contributed by atoms with E-state index in [1.807, 2.05) is 12.1 Å². The van der Waals surface area contributed by atoms with Crippen LogP contribution in [0.1, 0.15) is 40.2 Å². The zero-order valence-corrected chi connectivity index (χ0v) is 13.8. The number of halogens is 1. The smallest absolute Gasteiger partial charge is 0.0471 e. The van der Waals surface area contributed by atoms with Gasteiger partial charge >= 0.3 is 0 Å². The third kappa shape index (κ3) is 4.39. The van der Waals surface area contributed by atoms with Gasteiger partial charge in [-0.05, 0) is 25.0 Å². The molecule has 0 saturated carbocycles. The first kappa shape index (κ1) is 16.3. The minimum absolute atomic E-state index is 0.456. The van der Waals surface area contributed by atoms with Crippen molar-refractivity contribution in [1.82, 2.24) is 5.32 Å². The monoisotopic (exact) mass is 282 g/mol. The molecule has 1 aromatic carbocycles. The Labute approximate surface area is 123 Å². The molecule has 0 aliphatic rings. The summed E-state index contributed by atoms with van der Waals surface area (Å²) < 4.78 is 0. The molecule has 2 nitrogen and oxygen atoms in total. The predicted octanol–water partition coefficient (Wildman–Crippen LogP) is 4.32. The Morgan fingerprint density at radius 2 is 1.79 bits per heavy atom. The van der Waals surface area contributed by atoms with Gasteiger partial charge in [-0.1, -0.05) is 45.4 Å². The summed E-state index contributed by atoms with van der Waals surface area (Å²) in [6.45, 7) is 11.9. The van der Waals surface area contributed by atoms with E-state index < -0.39 is 0 Å². The summed E-state index contributed by atoms with van der Waals surface area (Å²) in [7, 11) is 2.15. The van der Waals surface area contributed by atoms with Crippen LogP contribution in [-0.4, -0.2) is 19.1 Å². The van der Waals surface area contributed by atoms with Crippen LogP contribution in [0.15, 0.2) is 18.2 Å². The van der Waals surface area contributed by atoms with Gasteiger partial charge in [-0.25, -0.2) is 0 Å². The number of nitrogens with one attached hydrogen (secondary N) is 1. The minimum Gasteiger partial charge on any atom is -0.371 e. The largest absolute Gasteiger partial charge is 0.371 e. The first-order valence-electron chi connectivity index (χ1n) is 7.08. The zero-order chi connectivity index (χ0) is 14.6. The van der Waals surface area contributed by atoms with Gasteiger partial charge < -0.3 is 10.2 Å². The van der Waals surface area contributed by atoms with Crippen molar-refractivity contribution in [1.29, 1.82) is 0 Å². The average Bonchev–Trinajstić information content (AvgIpc) is 2.34. The number of benzene rings is 1. The maximum absolute atomic E-state index is 6.37. The van der Waals surface area contributed by atoms with E-state index in [4.69, 9.17) is 11.6 Å². The van der Waals surface area contributed by atoms with Crippen molar-refractivity contribution in [2.75, 3.05) is 11.9 Å². The van der Waals surface area contributed by atoms with E-state index in [1.54, 1.807) is 0 Å². The van der Waals surface area contributed by atoms with E-state index in [0.29, 0.717) is 18.0 Å². The molecule has 0 aromatic heterocycles. The Morgan fingerprint density at radius 3 is 2.32 bits per heavy atom. The molecule has 0 aliphatic heterocycles. The van der Waals surface area contributed by atoms with Crippen LogP contribution in [0.2, 0.25) is 5.02 Å². The lowest BCUT2D eigenvalue weighted by molar-refractivity contribution is 0.503. The summed E-state index contributed by atoms with van der Waals surface area (Å²) in [5.41, 5.74) is 2.41. The lowest BCUT2D eigenvalue weighted by Gasteiger charge is -2.32. The van der Waals surface area contributed by atoms with E-state index in [2.05, 4.69) is 57.9 Å². The number of hydrogen-bond acceptors (Lipinski definition) is 2. The molecule has 1 rings (SSSR count). The third-order valence-electron chi connectivity index (χ3n) is 3.74. The molecule has 1 aromatic rings. The highest BCUT2D eigenvalue weighted by Gasteiger charge is 2.17. The van der Waals surface area contributed by atoms with Gasteiger partial charge in [-0.15, -0.1) is 0 Å². The van der Waals surface area contributed by atoms with Gasteiger partial charge in [0.15, 0.2) is 0 Å². The first-order chi connectivity index (χ1) is 8.84. The molecule has 1 N–H and O–H groups in total. The van der Waals surface area contributed by atoms with Crippen LogP contribution in [0.5, 0.6) is 0 Å². The normalized spacial score (nSPS) is 13.1. The highest BCUT2D eigenvalue weighted by molar-refractivity contribution is 6.31. The molecule has 3 heteroatoms. The second-order valence-electron chi connectivity index (χ2n) is 5.87. The molecule has 0 bridgehead atoms. The maximum atomic E-state index is 6.37. The summed E-state index contributed by atoms with van der Waals surface area (Å²) in [5, 5.41) is 4.30. The second kappa shape index (κ2) is 7.16. The summed E-state index contributed by atoms with van der Waals surface area (Å²) in [5.74, 6) is 0.606. The van der Waals surface area contributed by atoms with E-state index in [-0.39, 0.29) is 0 Å². The van der Waals surface area contributed by atoms with Crippen LogP contribution in [0.3, 0.4) is 0 Å². The van der Waals surface area contributed by atoms with Gasteiger partial charge in [0, 0.05) is 41.9 Å². The molecule has 0 heterocycles. The van der Waals surface area contributed by atoms with E-state index in [0.717, 1.165) is 11.6 Å². The van der Waals surface area contributed by atoms with Crippen LogP contribution in [0, 0.1) is 5.92 Å². The molecule has 0 spiro atoms. The van der Waals surface area contributed by atoms with E-state index in [9.17, 15) is 0 Å². The Bertz CT molecular complexity index is 402. The fraction of sp³-hybridized carbons (Fsp3) is 0.625. The Kier molecular flexibility index (Phi) is 6.15. The average molecular weight is 283 g/mol. The van der Waals surface area contributed by atoms with Gasteiger partial charge in [0.05, 0.1) is 0 Å². The molecule has 0 fully saturated rings. The van der Waals surface area contributed by atoms with Crippen molar-refractivity contribution in [2.24, 2.45) is 5.92 Å². The summed E-state index contributed by atoms with van der Waals surface area (Å²) in [6.07, 6.45) is 0. The van der Waals surface area contributed by atoms with Crippen molar-refractivity contribution < 1.29 is 0 Å². The maximum Gasteiger partial charge on any atom is 0.0471 e. The van der Waals surface area contributed by atoms with Crippen LogP contribution in [-0.2, 0) is 6.54 Å². The Morgan fingerprint density at radius 1 is 1.16 bits per heavy atom. The van der Waals surface area contributed by atoms with Crippen LogP contribution in [0.25, 0.3) is 0 Å². The molecular formula is C16H27ClN2. The molecule has 0 aliphatic carbocycles. The third-order valence-corrected chi connectivity index (χ3v) is 4.09. The first-order valence-corrected chi connectivity index (χ1v) is 7.46. The molecule has 0 saturated heterocycles. The van der Waals surface area contributed by atoms with Gasteiger partial charge in [0.2, 0.25) is 0 Å². The molecule has 19 heavy (non-hydrogen) atoms. The number of rotatable bonds is 6. The highest BCUT2D eigenvalue weighted by atomic mass is 35.5. The summed E-state index contributed by atoms with van der Waals surface area (Å²) in [6, 6.07) is 7.09. The predicted molar refractivity (Wildman–Crippen MR) is 86.1 cm³/mol. The van der Waals surface area contributed by atoms with Gasteiger partial charge in [-0.2, -0.15) is 0 Å². The fourth-order valence-corrected chi connectivity index (χ4v) is 2.26. The topological polar surface area (TPSA) is 15.3 Å². The number of anilines is 1. The van der Waals surface area contributed by atoms with Gasteiger partial charge in [-0.3, -0.25) is 0 Å². The Balaban J connectivity index is 3.02. The standard InChI is InChI=1S/C16H27ClN2/c1-11(2)13(5)19(6)16-9-7-8-15(17)14(16)10-18-12(3)4/h7-9,11-13,18H,10H2,1-6H3. The van der Waals surface area contributed by atoms with E-state index >= 15 is 0 Å². The molecule has 0 radical (unpaired) electrons. The number of nitrogens with zero attached hydrogens (tertiary/aromatic N) is 1. The van der Waals surface area contributed by atoms with Crippen molar-refractivity contribution in [3.63, 3.8) is 0 Å². The molecule has 108 valence electrons. The molecular weight excluding hydrogens is 256 g/mol. The van der Waals surface area contributed by atoms with Crippen LogP contribution in [0.4, 0.5) is 5.69 Å². The number of hydrogen-bond donors (Lipinski definition) is 1. The van der Waals surface area contributed by atoms with Gasteiger partial charge in [0.25, 0.3) is 0 Å². The van der Waals surface area contributed by atoms with Gasteiger partial charge in [0.1, 0.15) is 0 Å².